The van der Waals surface area contributed by atoms with Crippen molar-refractivity contribution in [3.8, 4) is 0 Å². The van der Waals surface area contributed by atoms with E-state index in [4.69, 9.17) is 0 Å². The number of aromatic nitrogens is 1. The summed E-state index contributed by atoms with van der Waals surface area (Å²) < 4.78 is 4.53. The number of furan rings is 1. The first kappa shape index (κ1) is 6.68. The first-order valence-electron chi connectivity index (χ1n) is 2.88. The van der Waals surface area contributed by atoms with Crippen molar-refractivity contribution in [2.75, 3.05) is 0 Å². The summed E-state index contributed by atoms with van der Waals surface area (Å²) in [6.07, 6.45) is 7.62. The van der Waals surface area contributed by atoms with E-state index in [1.165, 1.54) is 6.26 Å². The molecule has 2 rings (SSSR count). The van der Waals surface area contributed by atoms with Gasteiger partial charge in [-0.15, -0.1) is 0 Å². The van der Waals surface area contributed by atoms with Crippen LogP contribution in [0.25, 0.3) is 0 Å². The third kappa shape index (κ3) is 2.77. The third-order valence-corrected chi connectivity index (χ3v) is 0.821. The van der Waals surface area contributed by atoms with E-state index in [0.717, 1.165) is 0 Å². The first-order chi connectivity index (χ1) is 5.00. The van der Waals surface area contributed by atoms with Gasteiger partial charge < -0.3 is 9.40 Å². The Labute approximate surface area is 59.5 Å². The van der Waals surface area contributed by atoms with Gasteiger partial charge in [-0.3, -0.25) is 0 Å². The normalized spacial score (nSPS) is 8.00. The van der Waals surface area contributed by atoms with Crippen molar-refractivity contribution in [3.05, 3.63) is 49.2 Å². The minimum absolute atomic E-state index is 1.50. The predicted octanol–water partition coefficient (Wildman–Crippen LogP) is 1.89. The molecule has 0 atom stereocenters. The van der Waals surface area contributed by atoms with E-state index >= 15 is 0 Å². The second-order valence-electron chi connectivity index (χ2n) is 1.54. The van der Waals surface area contributed by atoms with Gasteiger partial charge in [0.2, 0.25) is 0 Å². The maximum atomic E-state index is 4.53. The molecular weight excluding hydrogens is 126 g/mol. The molecule has 50 valence electrons. The minimum Gasteiger partial charge on any atom is -0.472 e. The van der Waals surface area contributed by atoms with E-state index in [1.54, 1.807) is 12.3 Å². The van der Waals surface area contributed by atoms with Gasteiger partial charge in [0.15, 0.2) is 0 Å². The lowest BCUT2D eigenvalue weighted by Gasteiger charge is -1.50. The molecule has 0 aliphatic rings. The maximum absolute atomic E-state index is 4.53. The number of hydrogen-bond donors (Lipinski definition) is 1. The molecule has 2 aromatic heterocycles. The summed E-state index contributed by atoms with van der Waals surface area (Å²) in [5.74, 6) is 0. The van der Waals surface area contributed by atoms with Gasteiger partial charge in [0, 0.05) is 12.3 Å². The quantitative estimate of drug-likeness (QED) is 0.584. The predicted molar refractivity (Wildman–Crippen MR) is 37.2 cm³/mol. The fraction of sp³-hybridized carbons (Fsp3) is 0. The van der Waals surface area contributed by atoms with Crippen LogP contribution in [0.4, 0.5) is 0 Å². The van der Waals surface area contributed by atoms with Crippen molar-refractivity contribution in [2.45, 2.75) is 0 Å². The zero-order valence-electron chi connectivity index (χ0n) is 5.37. The highest BCUT2D eigenvalue weighted by molar-refractivity contribution is 4.83. The molecule has 0 aliphatic heterocycles. The molecule has 0 amide bonds. The standard InChI is InChI=1S/C4H4N.C4H3O/c2*1-2-4-5-3-1/h1-3,5H;1,3-4H. The summed E-state index contributed by atoms with van der Waals surface area (Å²) in [6, 6.07) is 8.11. The van der Waals surface area contributed by atoms with Gasteiger partial charge in [-0.25, -0.2) is 0 Å². The van der Waals surface area contributed by atoms with Crippen LogP contribution in [0, 0.1) is 12.3 Å². The molecule has 2 nitrogen and oxygen atoms in total. The van der Waals surface area contributed by atoms with Crippen LogP contribution in [0.2, 0.25) is 0 Å². The van der Waals surface area contributed by atoms with Crippen LogP contribution in [0.15, 0.2) is 41.3 Å². The molecule has 1 N–H and O–H groups in total. The fourth-order valence-corrected chi connectivity index (χ4v) is 0.437. The van der Waals surface area contributed by atoms with Crippen LogP contribution < -0.4 is 0 Å². The average Bonchev–Trinajstić information content (AvgIpc) is 2.67. The average molecular weight is 133 g/mol. The molecule has 2 heterocycles. The Balaban J connectivity index is 0.0000001000. The van der Waals surface area contributed by atoms with Crippen LogP contribution in [0.5, 0.6) is 0 Å². The lowest BCUT2D eigenvalue weighted by Crippen LogP contribution is -1.40. The summed E-state index contributed by atoms with van der Waals surface area (Å²) in [7, 11) is 0. The smallest absolute Gasteiger partial charge is 0.0982 e. The Hall–Kier alpha value is -1.44. The number of H-pyrrole nitrogens is 1. The molecule has 10 heavy (non-hydrogen) atoms. The summed E-state index contributed by atoms with van der Waals surface area (Å²) in [5.41, 5.74) is 0. The Morgan fingerprint density at radius 3 is 2.50 bits per heavy atom. The number of aromatic amines is 1. The molecule has 0 fully saturated rings. The van der Waals surface area contributed by atoms with Gasteiger partial charge in [-0.2, -0.15) is 0 Å². The number of hydrogen-bond acceptors (Lipinski definition) is 1. The summed E-state index contributed by atoms with van der Waals surface area (Å²) in [4.78, 5) is 2.74. The van der Waals surface area contributed by atoms with E-state index in [1.807, 2.05) is 18.3 Å². The summed E-state index contributed by atoms with van der Waals surface area (Å²) >= 11 is 0. The maximum Gasteiger partial charge on any atom is 0.0982 e. The van der Waals surface area contributed by atoms with Gasteiger partial charge in [0.05, 0.1) is 18.7 Å². The van der Waals surface area contributed by atoms with Crippen molar-refractivity contribution in [1.82, 2.24) is 4.98 Å². The van der Waals surface area contributed by atoms with E-state index in [9.17, 15) is 0 Å². The first-order valence-corrected chi connectivity index (χ1v) is 2.88. The number of rotatable bonds is 0. The summed E-state index contributed by atoms with van der Waals surface area (Å²) in [6.45, 7) is 0. The fourth-order valence-electron chi connectivity index (χ4n) is 0.437. The molecule has 0 saturated heterocycles. The molecule has 0 saturated carbocycles. The largest absolute Gasteiger partial charge is 0.472 e. The van der Waals surface area contributed by atoms with Crippen molar-refractivity contribution in [1.29, 1.82) is 0 Å². The molecule has 2 aromatic rings. The highest BCUT2D eigenvalue weighted by atomic mass is 16.3. The number of nitrogens with one attached hydrogen (secondary N) is 1. The van der Waals surface area contributed by atoms with Crippen LogP contribution >= 0.6 is 0 Å². The van der Waals surface area contributed by atoms with Crippen LogP contribution in [-0.2, 0) is 0 Å². The van der Waals surface area contributed by atoms with Gasteiger partial charge in [0.1, 0.15) is 0 Å². The third-order valence-electron chi connectivity index (χ3n) is 0.821. The van der Waals surface area contributed by atoms with E-state index in [-0.39, 0.29) is 0 Å². The van der Waals surface area contributed by atoms with Crippen molar-refractivity contribution >= 4 is 0 Å². The second-order valence-corrected chi connectivity index (χ2v) is 1.54. The Kier molecular flexibility index (Phi) is 2.96. The topological polar surface area (TPSA) is 28.9 Å². The molecule has 2 heteroatoms. The lowest BCUT2D eigenvalue weighted by molar-refractivity contribution is 0.567. The molecule has 0 aromatic carbocycles. The van der Waals surface area contributed by atoms with Crippen molar-refractivity contribution in [2.24, 2.45) is 0 Å². The lowest BCUT2D eigenvalue weighted by atomic mass is 10.7. The van der Waals surface area contributed by atoms with E-state index in [2.05, 4.69) is 21.7 Å². The van der Waals surface area contributed by atoms with Gasteiger partial charge in [-0.05, 0) is 18.2 Å². The van der Waals surface area contributed by atoms with Crippen LogP contribution in [0.1, 0.15) is 0 Å². The monoisotopic (exact) mass is 133 g/mol. The van der Waals surface area contributed by atoms with Gasteiger partial charge in [-0.1, -0.05) is 0 Å². The van der Waals surface area contributed by atoms with Gasteiger partial charge in [0.25, 0.3) is 0 Å². The van der Waals surface area contributed by atoms with Crippen LogP contribution in [0.3, 0.4) is 0 Å². The second kappa shape index (κ2) is 4.44. The highest BCUT2D eigenvalue weighted by Crippen LogP contribution is 1.78. The zero-order valence-corrected chi connectivity index (χ0v) is 5.37. The molecule has 0 unspecified atom stereocenters. The van der Waals surface area contributed by atoms with E-state index < -0.39 is 0 Å². The summed E-state index contributed by atoms with van der Waals surface area (Å²) in [5, 5.41) is 0. The van der Waals surface area contributed by atoms with E-state index in [0.29, 0.717) is 0 Å². The Bertz CT molecular complexity index is 148. The van der Waals surface area contributed by atoms with Crippen molar-refractivity contribution in [3.63, 3.8) is 0 Å². The molecule has 0 bridgehead atoms. The molecule has 2 radical (unpaired) electrons. The SMILES string of the molecule is [c]1ccc[nH]1.[c]1ccoc1. The van der Waals surface area contributed by atoms with Gasteiger partial charge >= 0.3 is 0 Å². The Morgan fingerprint density at radius 1 is 1.30 bits per heavy atom. The molecule has 0 spiro atoms. The van der Waals surface area contributed by atoms with Crippen LogP contribution in [-0.4, -0.2) is 4.98 Å². The highest BCUT2D eigenvalue weighted by Gasteiger charge is 1.60. The minimum atomic E-state index is 1.50. The van der Waals surface area contributed by atoms with Crippen molar-refractivity contribution < 1.29 is 4.42 Å². The molecular formula is C8H7NO. The zero-order chi connectivity index (χ0) is 7.07. The molecule has 0 aliphatic carbocycles. The Morgan fingerprint density at radius 2 is 2.30 bits per heavy atom.